The van der Waals surface area contributed by atoms with Gasteiger partial charge in [0.15, 0.2) is 0 Å². The quantitative estimate of drug-likeness (QED) is 0.815. The Hall–Kier alpha value is -1.02. The van der Waals surface area contributed by atoms with Crippen LogP contribution in [-0.4, -0.2) is 19.1 Å². The predicted molar refractivity (Wildman–Crippen MR) is 70.0 cm³/mol. The molecule has 1 saturated heterocycles. The molecule has 1 unspecified atom stereocenters. The summed E-state index contributed by atoms with van der Waals surface area (Å²) >= 11 is 0. The Morgan fingerprint density at radius 1 is 1.31 bits per heavy atom. The van der Waals surface area contributed by atoms with Crippen LogP contribution in [0.5, 0.6) is 0 Å². The molecule has 0 radical (unpaired) electrons. The lowest BCUT2D eigenvalue weighted by atomic mass is 10.00. The molecule has 0 amide bonds. The monoisotopic (exact) mass is 218 g/mol. The maximum absolute atomic E-state index is 3.67. The van der Waals surface area contributed by atoms with Crippen molar-refractivity contribution in [1.29, 1.82) is 0 Å². The summed E-state index contributed by atoms with van der Waals surface area (Å²) in [5.41, 5.74) is 2.74. The van der Waals surface area contributed by atoms with Crippen molar-refractivity contribution < 1.29 is 0 Å². The number of hydrogen-bond acceptors (Lipinski definition) is 2. The van der Waals surface area contributed by atoms with Crippen molar-refractivity contribution in [2.75, 3.05) is 18.4 Å². The molecule has 2 rings (SSSR count). The average molecular weight is 218 g/mol. The SMILES string of the molecule is CC(C)c1ccccc1NC1CCCNC1. The molecule has 1 aromatic carbocycles. The van der Waals surface area contributed by atoms with Crippen molar-refractivity contribution in [3.63, 3.8) is 0 Å². The molecule has 1 aromatic rings. The topological polar surface area (TPSA) is 24.1 Å². The standard InChI is InChI=1S/C14H22N2/c1-11(2)13-7-3-4-8-14(13)16-12-6-5-9-15-10-12/h3-4,7-8,11-12,15-16H,5-6,9-10H2,1-2H3. The maximum atomic E-state index is 3.67. The fourth-order valence-electron chi connectivity index (χ4n) is 2.33. The molecule has 1 aliphatic rings. The summed E-state index contributed by atoms with van der Waals surface area (Å²) in [6.07, 6.45) is 2.56. The third-order valence-corrected chi connectivity index (χ3v) is 3.24. The second-order valence-corrected chi connectivity index (χ2v) is 4.93. The van der Waals surface area contributed by atoms with E-state index in [0.29, 0.717) is 12.0 Å². The van der Waals surface area contributed by atoms with E-state index in [1.807, 2.05) is 0 Å². The van der Waals surface area contributed by atoms with E-state index in [2.05, 4.69) is 48.7 Å². The van der Waals surface area contributed by atoms with Gasteiger partial charge in [-0.15, -0.1) is 0 Å². The molecule has 0 bridgehead atoms. The molecule has 88 valence electrons. The zero-order chi connectivity index (χ0) is 11.4. The summed E-state index contributed by atoms with van der Waals surface area (Å²) in [6, 6.07) is 9.26. The molecule has 1 aliphatic heterocycles. The lowest BCUT2D eigenvalue weighted by molar-refractivity contribution is 0.479. The van der Waals surface area contributed by atoms with Crippen molar-refractivity contribution >= 4 is 5.69 Å². The van der Waals surface area contributed by atoms with Gasteiger partial charge in [0.2, 0.25) is 0 Å². The van der Waals surface area contributed by atoms with Crippen molar-refractivity contribution in [3.8, 4) is 0 Å². The summed E-state index contributed by atoms with van der Waals surface area (Å²) < 4.78 is 0. The summed E-state index contributed by atoms with van der Waals surface area (Å²) in [7, 11) is 0. The molecule has 0 saturated carbocycles. The summed E-state index contributed by atoms with van der Waals surface area (Å²) in [4.78, 5) is 0. The molecule has 0 aliphatic carbocycles. The second kappa shape index (κ2) is 5.35. The second-order valence-electron chi connectivity index (χ2n) is 4.93. The van der Waals surface area contributed by atoms with E-state index in [1.54, 1.807) is 0 Å². The van der Waals surface area contributed by atoms with E-state index in [9.17, 15) is 0 Å². The van der Waals surface area contributed by atoms with E-state index >= 15 is 0 Å². The number of piperidine rings is 1. The number of nitrogens with one attached hydrogen (secondary N) is 2. The van der Waals surface area contributed by atoms with Crippen molar-refractivity contribution in [1.82, 2.24) is 5.32 Å². The van der Waals surface area contributed by atoms with Crippen LogP contribution in [-0.2, 0) is 0 Å². The number of benzene rings is 1. The van der Waals surface area contributed by atoms with Crippen LogP contribution in [0, 0.1) is 0 Å². The minimum Gasteiger partial charge on any atom is -0.381 e. The molecule has 1 heterocycles. The summed E-state index contributed by atoms with van der Waals surface area (Å²) in [5.74, 6) is 0.584. The van der Waals surface area contributed by atoms with E-state index in [1.165, 1.54) is 30.6 Å². The maximum Gasteiger partial charge on any atom is 0.0386 e. The lowest BCUT2D eigenvalue weighted by Crippen LogP contribution is -2.38. The van der Waals surface area contributed by atoms with Gasteiger partial charge in [-0.25, -0.2) is 0 Å². The van der Waals surface area contributed by atoms with Crippen LogP contribution < -0.4 is 10.6 Å². The first-order valence-corrected chi connectivity index (χ1v) is 6.33. The fourth-order valence-corrected chi connectivity index (χ4v) is 2.33. The van der Waals surface area contributed by atoms with Gasteiger partial charge >= 0.3 is 0 Å². The predicted octanol–water partition coefficient (Wildman–Crippen LogP) is 2.97. The molecule has 2 nitrogen and oxygen atoms in total. The minimum atomic E-state index is 0.584. The Balaban J connectivity index is 2.07. The van der Waals surface area contributed by atoms with Gasteiger partial charge in [-0.1, -0.05) is 32.0 Å². The van der Waals surface area contributed by atoms with Gasteiger partial charge in [0.05, 0.1) is 0 Å². The van der Waals surface area contributed by atoms with Gasteiger partial charge in [-0.2, -0.15) is 0 Å². The summed E-state index contributed by atoms with van der Waals surface area (Å²) in [6.45, 7) is 6.76. The first kappa shape index (κ1) is 11.5. The Bertz CT molecular complexity index is 327. The third-order valence-electron chi connectivity index (χ3n) is 3.24. The van der Waals surface area contributed by atoms with Crippen LogP contribution in [0.2, 0.25) is 0 Å². The highest BCUT2D eigenvalue weighted by molar-refractivity contribution is 5.53. The highest BCUT2D eigenvalue weighted by atomic mass is 15.0. The zero-order valence-corrected chi connectivity index (χ0v) is 10.3. The lowest BCUT2D eigenvalue weighted by Gasteiger charge is -2.26. The van der Waals surface area contributed by atoms with E-state index in [4.69, 9.17) is 0 Å². The number of anilines is 1. The van der Waals surface area contributed by atoms with Crippen LogP contribution in [0.3, 0.4) is 0 Å². The van der Waals surface area contributed by atoms with Crippen LogP contribution >= 0.6 is 0 Å². The molecule has 2 heteroatoms. The molecule has 0 aromatic heterocycles. The Kier molecular flexibility index (Phi) is 3.83. The van der Waals surface area contributed by atoms with Gasteiger partial charge in [0.1, 0.15) is 0 Å². The number of hydrogen-bond donors (Lipinski definition) is 2. The zero-order valence-electron chi connectivity index (χ0n) is 10.3. The smallest absolute Gasteiger partial charge is 0.0386 e. The van der Waals surface area contributed by atoms with Gasteiger partial charge in [-0.3, -0.25) is 0 Å². The minimum absolute atomic E-state index is 0.584. The van der Waals surface area contributed by atoms with Crippen molar-refractivity contribution in [2.45, 2.75) is 38.6 Å². The first-order valence-electron chi connectivity index (χ1n) is 6.33. The summed E-state index contributed by atoms with van der Waals surface area (Å²) in [5, 5.41) is 7.11. The van der Waals surface area contributed by atoms with E-state index < -0.39 is 0 Å². The molecular weight excluding hydrogens is 196 g/mol. The molecule has 16 heavy (non-hydrogen) atoms. The van der Waals surface area contributed by atoms with Crippen LogP contribution in [0.1, 0.15) is 38.2 Å². The highest BCUT2D eigenvalue weighted by Crippen LogP contribution is 2.25. The third kappa shape index (κ3) is 2.76. The Morgan fingerprint density at radius 3 is 2.81 bits per heavy atom. The number of rotatable bonds is 3. The Labute approximate surface area is 98.4 Å². The van der Waals surface area contributed by atoms with Gasteiger partial charge < -0.3 is 10.6 Å². The molecular formula is C14H22N2. The molecule has 0 spiro atoms. The van der Waals surface area contributed by atoms with Crippen LogP contribution in [0.25, 0.3) is 0 Å². The van der Waals surface area contributed by atoms with Gasteiger partial charge in [0, 0.05) is 18.3 Å². The largest absolute Gasteiger partial charge is 0.381 e. The van der Waals surface area contributed by atoms with Crippen molar-refractivity contribution in [3.05, 3.63) is 29.8 Å². The average Bonchev–Trinajstić information content (AvgIpc) is 2.31. The fraction of sp³-hybridized carbons (Fsp3) is 0.571. The van der Waals surface area contributed by atoms with Crippen molar-refractivity contribution in [2.24, 2.45) is 0 Å². The normalized spacial score (nSPS) is 21.1. The molecule has 1 atom stereocenters. The molecule has 2 N–H and O–H groups in total. The van der Waals surface area contributed by atoms with Gasteiger partial charge in [-0.05, 0) is 36.9 Å². The van der Waals surface area contributed by atoms with Crippen LogP contribution in [0.15, 0.2) is 24.3 Å². The first-order chi connectivity index (χ1) is 7.77. The Morgan fingerprint density at radius 2 is 2.12 bits per heavy atom. The highest BCUT2D eigenvalue weighted by Gasteiger charge is 2.14. The van der Waals surface area contributed by atoms with Gasteiger partial charge in [0.25, 0.3) is 0 Å². The van der Waals surface area contributed by atoms with E-state index in [0.717, 1.165) is 6.54 Å². The van der Waals surface area contributed by atoms with Crippen LogP contribution in [0.4, 0.5) is 5.69 Å². The number of para-hydroxylation sites is 1. The molecule has 1 fully saturated rings. The van der Waals surface area contributed by atoms with E-state index in [-0.39, 0.29) is 0 Å².